The first-order valence-electron chi connectivity index (χ1n) is 7.00. The number of hydrogen-bond acceptors (Lipinski definition) is 4. The Kier molecular flexibility index (Phi) is 2.89. The van der Waals surface area contributed by atoms with Crippen LogP contribution in [0.15, 0.2) is 48.5 Å². The molecule has 0 saturated carbocycles. The molecule has 0 aliphatic heterocycles. The summed E-state index contributed by atoms with van der Waals surface area (Å²) in [5.74, 6) is 0. The summed E-state index contributed by atoms with van der Waals surface area (Å²) in [6.07, 6.45) is 0. The van der Waals surface area contributed by atoms with E-state index >= 15 is 0 Å². The molecule has 0 aromatic heterocycles. The Morgan fingerprint density at radius 3 is 1.23 bits per heavy atom. The topological polar surface area (TPSA) is 80.9 Å². The molecule has 4 rings (SSSR count). The van der Waals surface area contributed by atoms with Crippen LogP contribution in [0.5, 0.6) is 0 Å². The van der Waals surface area contributed by atoms with E-state index in [4.69, 9.17) is 0 Å². The highest BCUT2D eigenvalue weighted by atomic mass is 16.4. The van der Waals surface area contributed by atoms with Gasteiger partial charge >= 0.3 is 14.2 Å². The van der Waals surface area contributed by atoms with E-state index in [1.54, 1.807) is 12.1 Å². The minimum absolute atomic E-state index is 0.442. The summed E-state index contributed by atoms with van der Waals surface area (Å²) in [4.78, 5) is 0. The van der Waals surface area contributed by atoms with Gasteiger partial charge in [-0.05, 0) is 43.2 Å². The summed E-state index contributed by atoms with van der Waals surface area (Å²) >= 11 is 0. The minimum atomic E-state index is -1.55. The fourth-order valence-corrected chi connectivity index (χ4v) is 3.30. The fraction of sp³-hybridized carbons (Fsp3) is 0. The molecule has 0 fully saturated rings. The van der Waals surface area contributed by atoms with Crippen LogP contribution < -0.4 is 10.9 Å². The Balaban J connectivity index is 2.28. The van der Waals surface area contributed by atoms with E-state index in [1.165, 1.54) is 0 Å². The lowest BCUT2D eigenvalue weighted by molar-refractivity contribution is 0.425. The van der Waals surface area contributed by atoms with Gasteiger partial charge in [0.15, 0.2) is 0 Å². The van der Waals surface area contributed by atoms with Gasteiger partial charge in [-0.3, -0.25) is 0 Å². The Labute approximate surface area is 126 Å². The zero-order chi connectivity index (χ0) is 15.4. The lowest BCUT2D eigenvalue weighted by Gasteiger charge is -2.15. The van der Waals surface area contributed by atoms with Crippen molar-refractivity contribution < 1.29 is 20.1 Å². The third-order valence-corrected chi connectivity index (χ3v) is 4.29. The highest BCUT2D eigenvalue weighted by Crippen LogP contribution is 2.33. The van der Waals surface area contributed by atoms with Crippen molar-refractivity contribution in [2.45, 2.75) is 0 Å². The van der Waals surface area contributed by atoms with Crippen LogP contribution in [-0.2, 0) is 0 Å². The fourth-order valence-electron chi connectivity index (χ4n) is 3.30. The summed E-state index contributed by atoms with van der Waals surface area (Å²) in [6, 6.07) is 14.6. The smallest absolute Gasteiger partial charge is 0.423 e. The second-order valence-electron chi connectivity index (χ2n) is 5.48. The van der Waals surface area contributed by atoms with Gasteiger partial charge in [0.1, 0.15) is 0 Å². The molecule has 22 heavy (non-hydrogen) atoms. The second kappa shape index (κ2) is 4.69. The van der Waals surface area contributed by atoms with Crippen molar-refractivity contribution in [1.82, 2.24) is 0 Å². The average molecular weight is 290 g/mol. The maximum Gasteiger partial charge on any atom is 0.489 e. The number of benzene rings is 4. The molecule has 0 saturated heterocycles. The highest BCUT2D eigenvalue weighted by molar-refractivity contribution is 6.64. The van der Waals surface area contributed by atoms with Crippen molar-refractivity contribution in [2.75, 3.05) is 0 Å². The molecule has 4 N–H and O–H groups in total. The third-order valence-electron chi connectivity index (χ3n) is 4.29. The Morgan fingerprint density at radius 2 is 0.864 bits per heavy atom. The van der Waals surface area contributed by atoms with Crippen LogP contribution in [0.3, 0.4) is 0 Å². The molecule has 0 spiro atoms. The summed E-state index contributed by atoms with van der Waals surface area (Å²) in [6.45, 7) is 0. The molecule has 0 amide bonds. The molecular formula is C16H12B2O4. The van der Waals surface area contributed by atoms with Gasteiger partial charge in [0, 0.05) is 0 Å². The van der Waals surface area contributed by atoms with E-state index in [0.717, 1.165) is 32.3 Å². The van der Waals surface area contributed by atoms with Gasteiger partial charge in [0.05, 0.1) is 0 Å². The maximum absolute atomic E-state index is 9.57. The molecule has 4 aromatic rings. The molecule has 0 atom stereocenters. The molecule has 0 unspecified atom stereocenters. The average Bonchev–Trinajstić information content (AvgIpc) is 2.51. The van der Waals surface area contributed by atoms with Gasteiger partial charge in [0.25, 0.3) is 0 Å². The predicted molar refractivity (Wildman–Crippen MR) is 89.8 cm³/mol. The molecule has 4 aromatic carbocycles. The van der Waals surface area contributed by atoms with E-state index < -0.39 is 14.2 Å². The monoisotopic (exact) mass is 290 g/mol. The zero-order valence-corrected chi connectivity index (χ0v) is 11.6. The van der Waals surface area contributed by atoms with Gasteiger partial charge in [0.2, 0.25) is 0 Å². The Hall–Kier alpha value is -2.11. The van der Waals surface area contributed by atoms with Crippen molar-refractivity contribution in [2.24, 2.45) is 0 Å². The molecule has 0 aliphatic rings. The van der Waals surface area contributed by atoms with Crippen LogP contribution in [0.25, 0.3) is 32.3 Å². The first-order chi connectivity index (χ1) is 10.6. The van der Waals surface area contributed by atoms with E-state index in [9.17, 15) is 20.1 Å². The summed E-state index contributed by atoms with van der Waals surface area (Å²) < 4.78 is 0. The van der Waals surface area contributed by atoms with E-state index in [2.05, 4.69) is 0 Å². The van der Waals surface area contributed by atoms with Crippen molar-refractivity contribution in [1.29, 1.82) is 0 Å². The van der Waals surface area contributed by atoms with Gasteiger partial charge < -0.3 is 20.1 Å². The van der Waals surface area contributed by atoms with Crippen LogP contribution in [0.2, 0.25) is 0 Å². The summed E-state index contributed by atoms with van der Waals surface area (Å²) in [7, 11) is -3.10. The van der Waals surface area contributed by atoms with Crippen molar-refractivity contribution >= 4 is 57.5 Å². The van der Waals surface area contributed by atoms with Crippen molar-refractivity contribution in [3.8, 4) is 0 Å². The van der Waals surface area contributed by atoms with Crippen LogP contribution in [0, 0.1) is 0 Å². The summed E-state index contributed by atoms with van der Waals surface area (Å²) in [5.41, 5.74) is 0.883. The largest absolute Gasteiger partial charge is 0.489 e. The Bertz CT molecular complexity index is 916. The van der Waals surface area contributed by atoms with Crippen LogP contribution in [0.4, 0.5) is 0 Å². The molecular weight excluding hydrogens is 278 g/mol. The molecule has 0 aliphatic carbocycles. The minimum Gasteiger partial charge on any atom is -0.423 e. The maximum atomic E-state index is 9.57. The van der Waals surface area contributed by atoms with Crippen LogP contribution in [0.1, 0.15) is 0 Å². The molecule has 4 nitrogen and oxygen atoms in total. The normalized spacial score (nSPS) is 11.6. The molecule has 0 radical (unpaired) electrons. The van der Waals surface area contributed by atoms with Gasteiger partial charge in [-0.2, -0.15) is 0 Å². The summed E-state index contributed by atoms with van der Waals surface area (Å²) in [5, 5.41) is 43.6. The zero-order valence-electron chi connectivity index (χ0n) is 11.6. The van der Waals surface area contributed by atoms with Crippen LogP contribution in [-0.4, -0.2) is 34.3 Å². The molecule has 6 heteroatoms. The van der Waals surface area contributed by atoms with Crippen LogP contribution >= 0.6 is 0 Å². The lowest BCUT2D eigenvalue weighted by atomic mass is 9.73. The van der Waals surface area contributed by atoms with E-state index in [1.807, 2.05) is 36.4 Å². The highest BCUT2D eigenvalue weighted by Gasteiger charge is 2.21. The van der Waals surface area contributed by atoms with E-state index in [0.29, 0.717) is 10.9 Å². The number of hydrogen-bond donors (Lipinski definition) is 4. The Morgan fingerprint density at radius 1 is 0.500 bits per heavy atom. The number of rotatable bonds is 2. The van der Waals surface area contributed by atoms with Gasteiger partial charge in [-0.25, -0.2) is 0 Å². The quantitative estimate of drug-likeness (QED) is 0.308. The first kappa shape index (κ1) is 13.5. The molecule has 0 heterocycles. The predicted octanol–water partition coefficient (Wildman–Crippen LogP) is -0.0564. The second-order valence-corrected chi connectivity index (χ2v) is 5.48. The SMILES string of the molecule is OB(O)c1ccc2ccc3c(B(O)O)ccc4ccc1c2c43. The first-order valence-corrected chi connectivity index (χ1v) is 7.00. The van der Waals surface area contributed by atoms with Crippen molar-refractivity contribution in [3.05, 3.63) is 48.5 Å². The lowest BCUT2D eigenvalue weighted by Crippen LogP contribution is -2.31. The molecule has 106 valence electrons. The van der Waals surface area contributed by atoms with Gasteiger partial charge in [-0.1, -0.05) is 48.5 Å². The standard InChI is InChI=1S/C16H12B2O4/c19-17(20)13-8-4-10-2-6-12-14(18(21)22)7-3-9-1-5-11(13)16(10)15(9)12/h1-8,19-22H. The third kappa shape index (κ3) is 1.76. The van der Waals surface area contributed by atoms with Gasteiger partial charge in [-0.15, -0.1) is 0 Å². The molecule has 0 bridgehead atoms. The van der Waals surface area contributed by atoms with E-state index in [-0.39, 0.29) is 0 Å². The van der Waals surface area contributed by atoms with Crippen molar-refractivity contribution in [3.63, 3.8) is 0 Å².